The van der Waals surface area contributed by atoms with Crippen LogP contribution in [0.25, 0.3) is 0 Å². The molecule has 0 aliphatic rings. The summed E-state index contributed by atoms with van der Waals surface area (Å²) in [5.41, 5.74) is -3.02. The first-order valence-corrected chi connectivity index (χ1v) is 8.85. The van der Waals surface area contributed by atoms with Crippen LogP contribution in [0.1, 0.15) is 33.6 Å². The van der Waals surface area contributed by atoms with Crippen molar-refractivity contribution < 1.29 is 9.79 Å². The van der Waals surface area contributed by atoms with Gasteiger partial charge in [-0.25, -0.2) is 0 Å². The molecule has 0 radical (unpaired) electrons. The summed E-state index contributed by atoms with van der Waals surface area (Å²) in [6, 6.07) is 0. The highest BCUT2D eigenvalue weighted by Crippen LogP contribution is 2.51. The minimum absolute atomic E-state index is 0.515. The lowest BCUT2D eigenvalue weighted by atomic mass is 9.97. The molecule has 2 N–H and O–H groups in total. The smallest absolute Gasteiger partial charge is 0.242 e. The van der Waals surface area contributed by atoms with Gasteiger partial charge in [0, 0.05) is 5.75 Å². The lowest BCUT2D eigenvalue weighted by molar-refractivity contribution is 0.433. The molecular formula is C8H19O2PS2. The molecular weight excluding hydrogens is 223 g/mol. The molecule has 0 rings (SSSR count). The van der Waals surface area contributed by atoms with Crippen LogP contribution in [0, 0.1) is 11.8 Å². The predicted octanol–water partition coefficient (Wildman–Crippen LogP) is 3.00. The van der Waals surface area contributed by atoms with Gasteiger partial charge >= 0.3 is 0 Å². The molecule has 0 aromatic heterocycles. The Hall–Kier alpha value is 0.920. The molecule has 2 unspecified atom stereocenters. The average molecular weight is 242 g/mol. The topological polar surface area (TPSA) is 40.5 Å². The van der Waals surface area contributed by atoms with Crippen LogP contribution in [0.4, 0.5) is 0 Å². The average Bonchev–Trinajstić information content (AvgIpc) is 1.99. The van der Waals surface area contributed by atoms with Crippen molar-refractivity contribution in [2.75, 3.05) is 5.75 Å². The molecule has 0 saturated carbocycles. The quantitative estimate of drug-likeness (QED) is 0.702. The Morgan fingerprint density at radius 1 is 1.31 bits per heavy atom. The van der Waals surface area contributed by atoms with Gasteiger partial charge in [0.1, 0.15) is 0 Å². The van der Waals surface area contributed by atoms with Crippen LogP contribution >= 0.6 is 17.1 Å². The van der Waals surface area contributed by atoms with E-state index in [2.05, 4.69) is 32.6 Å². The van der Waals surface area contributed by atoms with Gasteiger partial charge < -0.3 is 9.79 Å². The molecule has 0 amide bonds. The molecule has 0 bridgehead atoms. The molecule has 0 aliphatic carbocycles. The zero-order valence-electron chi connectivity index (χ0n) is 8.43. The maximum atomic E-state index is 9.00. The van der Waals surface area contributed by atoms with E-state index in [9.17, 15) is 0 Å². The Labute approximate surface area is 90.0 Å². The van der Waals surface area contributed by atoms with E-state index in [4.69, 9.17) is 9.79 Å². The Balaban J connectivity index is 3.63. The van der Waals surface area contributed by atoms with E-state index in [0.717, 1.165) is 23.6 Å². The Morgan fingerprint density at radius 2 is 1.85 bits per heavy atom. The molecule has 2 nitrogen and oxygen atoms in total. The van der Waals surface area contributed by atoms with Crippen molar-refractivity contribution in [2.45, 2.75) is 33.6 Å². The van der Waals surface area contributed by atoms with E-state index in [1.54, 1.807) is 0 Å². The fraction of sp³-hybridized carbons (Fsp3) is 1.00. The van der Waals surface area contributed by atoms with Crippen molar-refractivity contribution >= 4 is 28.9 Å². The molecule has 2 atom stereocenters. The summed E-state index contributed by atoms with van der Waals surface area (Å²) in [6.07, 6.45) is 2.32. The van der Waals surface area contributed by atoms with Gasteiger partial charge in [0.2, 0.25) is 5.69 Å². The van der Waals surface area contributed by atoms with Crippen molar-refractivity contribution in [2.24, 2.45) is 11.8 Å². The highest BCUT2D eigenvalue weighted by atomic mass is 32.9. The molecule has 5 heteroatoms. The molecule has 0 aromatic carbocycles. The van der Waals surface area contributed by atoms with Gasteiger partial charge in [-0.2, -0.15) is 0 Å². The van der Waals surface area contributed by atoms with Crippen LogP contribution in [0.3, 0.4) is 0 Å². The van der Waals surface area contributed by atoms with Crippen molar-refractivity contribution in [1.82, 2.24) is 0 Å². The lowest BCUT2D eigenvalue weighted by Crippen LogP contribution is -2.04. The first kappa shape index (κ1) is 13.9. The maximum absolute atomic E-state index is 9.00. The molecule has 0 aromatic rings. The van der Waals surface area contributed by atoms with Gasteiger partial charge in [0.25, 0.3) is 0 Å². The van der Waals surface area contributed by atoms with Crippen molar-refractivity contribution in [3.63, 3.8) is 0 Å². The molecule has 0 aliphatic heterocycles. The summed E-state index contributed by atoms with van der Waals surface area (Å²) in [6.45, 7) is 6.52. The third-order valence-electron chi connectivity index (χ3n) is 2.03. The summed E-state index contributed by atoms with van der Waals surface area (Å²) in [7, 11) is 0. The first-order chi connectivity index (χ1) is 5.85. The standard InChI is InChI=1S/C8H19O2PS2/c1-4-7(2)5-8(3)6-13-11(9,10)12/h7-8H,4-6H2,1-3H3,(H2,9,10,12). The van der Waals surface area contributed by atoms with E-state index in [1.165, 1.54) is 6.42 Å². The third-order valence-corrected chi connectivity index (χ3v) is 5.49. The monoisotopic (exact) mass is 242 g/mol. The number of hydrogen-bond donors (Lipinski definition) is 2. The fourth-order valence-electron chi connectivity index (χ4n) is 1.15. The molecule has 0 fully saturated rings. The largest absolute Gasteiger partial charge is 0.338 e. The normalized spacial score (nSPS) is 17.0. The van der Waals surface area contributed by atoms with Crippen LogP contribution in [0.2, 0.25) is 0 Å². The molecule has 0 spiro atoms. The van der Waals surface area contributed by atoms with Crippen molar-refractivity contribution in [1.29, 1.82) is 0 Å². The van der Waals surface area contributed by atoms with Crippen LogP contribution < -0.4 is 0 Å². The minimum Gasteiger partial charge on any atom is -0.338 e. The summed E-state index contributed by atoms with van der Waals surface area (Å²) in [5, 5.41) is 0. The van der Waals surface area contributed by atoms with Crippen molar-refractivity contribution in [3.8, 4) is 0 Å². The predicted molar refractivity (Wildman–Crippen MR) is 64.4 cm³/mol. The zero-order chi connectivity index (χ0) is 10.5. The molecule has 80 valence electrons. The van der Waals surface area contributed by atoms with Crippen LogP contribution in [0.15, 0.2) is 0 Å². The SMILES string of the molecule is CCC(C)CC(C)CSP(O)(O)=S. The van der Waals surface area contributed by atoms with Gasteiger partial charge in [0.05, 0.1) is 0 Å². The van der Waals surface area contributed by atoms with E-state index < -0.39 is 5.69 Å². The summed E-state index contributed by atoms with van der Waals surface area (Å²) >= 11 is 5.66. The maximum Gasteiger partial charge on any atom is 0.242 e. The highest BCUT2D eigenvalue weighted by molar-refractivity contribution is 8.67. The highest BCUT2D eigenvalue weighted by Gasteiger charge is 2.13. The Kier molecular flexibility index (Phi) is 6.87. The fourth-order valence-corrected chi connectivity index (χ4v) is 3.62. The summed E-state index contributed by atoms with van der Waals surface area (Å²) in [4.78, 5) is 18.0. The van der Waals surface area contributed by atoms with Gasteiger partial charge in [-0.3, -0.25) is 0 Å². The van der Waals surface area contributed by atoms with Crippen LogP contribution in [-0.2, 0) is 11.8 Å². The number of rotatable bonds is 6. The third kappa shape index (κ3) is 9.23. The lowest BCUT2D eigenvalue weighted by Gasteiger charge is -2.16. The van der Waals surface area contributed by atoms with E-state index >= 15 is 0 Å². The van der Waals surface area contributed by atoms with E-state index in [-0.39, 0.29) is 0 Å². The number of hydrogen-bond acceptors (Lipinski definition) is 2. The van der Waals surface area contributed by atoms with Crippen LogP contribution in [0.5, 0.6) is 0 Å². The second-order valence-electron chi connectivity index (χ2n) is 3.64. The first-order valence-electron chi connectivity index (χ1n) is 4.55. The van der Waals surface area contributed by atoms with Gasteiger partial charge in [-0.05, 0) is 30.1 Å². The van der Waals surface area contributed by atoms with Gasteiger partial charge in [-0.15, -0.1) is 0 Å². The zero-order valence-corrected chi connectivity index (χ0v) is 11.0. The Bertz CT molecular complexity index is 181. The van der Waals surface area contributed by atoms with Crippen LogP contribution in [-0.4, -0.2) is 15.5 Å². The minimum atomic E-state index is -3.02. The second-order valence-corrected chi connectivity index (χ2v) is 9.74. The molecule has 0 heterocycles. The summed E-state index contributed by atoms with van der Waals surface area (Å²) < 4.78 is 0. The van der Waals surface area contributed by atoms with Crippen molar-refractivity contribution in [3.05, 3.63) is 0 Å². The second kappa shape index (κ2) is 6.41. The summed E-state index contributed by atoms with van der Waals surface area (Å²) in [5.74, 6) is 1.99. The van der Waals surface area contributed by atoms with E-state index in [1.807, 2.05) is 0 Å². The molecule has 13 heavy (non-hydrogen) atoms. The molecule has 0 saturated heterocycles. The Morgan fingerprint density at radius 3 is 2.23 bits per heavy atom. The van der Waals surface area contributed by atoms with E-state index in [0.29, 0.717) is 11.8 Å². The van der Waals surface area contributed by atoms with Gasteiger partial charge in [-0.1, -0.05) is 38.6 Å². The van der Waals surface area contributed by atoms with Gasteiger partial charge in [0.15, 0.2) is 0 Å².